The van der Waals surface area contributed by atoms with Crippen molar-refractivity contribution in [2.24, 2.45) is 5.92 Å². The fourth-order valence-corrected chi connectivity index (χ4v) is 1.11. The second kappa shape index (κ2) is 2.53. The van der Waals surface area contributed by atoms with Crippen LogP contribution in [0.25, 0.3) is 0 Å². The fourth-order valence-electron chi connectivity index (χ4n) is 1.11. The monoisotopic (exact) mass is 126 g/mol. The maximum absolute atomic E-state index is 5.36. The van der Waals surface area contributed by atoms with Crippen molar-refractivity contribution >= 4 is 0 Å². The summed E-state index contributed by atoms with van der Waals surface area (Å²) in [6.45, 7) is 9.13. The van der Waals surface area contributed by atoms with Gasteiger partial charge in [-0.3, -0.25) is 0 Å². The summed E-state index contributed by atoms with van der Waals surface area (Å²) >= 11 is 0. The van der Waals surface area contributed by atoms with Crippen LogP contribution in [0.3, 0.4) is 0 Å². The predicted octanol–water partition coefficient (Wildman–Crippen LogP) is 1.99. The molecule has 9 heavy (non-hydrogen) atoms. The van der Waals surface area contributed by atoms with E-state index in [2.05, 4.69) is 20.4 Å². The van der Waals surface area contributed by atoms with Gasteiger partial charge in [-0.05, 0) is 24.8 Å². The van der Waals surface area contributed by atoms with Crippen LogP contribution in [-0.2, 0) is 4.74 Å². The number of hydrogen-bond donors (Lipinski definition) is 0. The SMILES string of the molecule is C=C1[C@H](C)OCC[C@@H]1C. The number of ether oxygens (including phenoxy) is 1. The fraction of sp³-hybridized carbons (Fsp3) is 0.750. The summed E-state index contributed by atoms with van der Waals surface area (Å²) in [5, 5.41) is 0. The molecule has 52 valence electrons. The molecule has 0 amide bonds. The zero-order valence-electron chi connectivity index (χ0n) is 6.18. The van der Waals surface area contributed by atoms with Gasteiger partial charge in [-0.15, -0.1) is 0 Å². The van der Waals surface area contributed by atoms with E-state index in [1.54, 1.807) is 0 Å². The van der Waals surface area contributed by atoms with Crippen LogP contribution in [0.5, 0.6) is 0 Å². The molecule has 1 rings (SSSR count). The zero-order valence-corrected chi connectivity index (χ0v) is 6.18. The Kier molecular flexibility index (Phi) is 1.91. The van der Waals surface area contributed by atoms with Gasteiger partial charge in [0.1, 0.15) is 0 Å². The third kappa shape index (κ3) is 1.33. The molecule has 0 saturated carbocycles. The number of rotatable bonds is 0. The lowest BCUT2D eigenvalue weighted by molar-refractivity contribution is 0.0494. The lowest BCUT2D eigenvalue weighted by Gasteiger charge is -2.27. The van der Waals surface area contributed by atoms with Crippen LogP contribution < -0.4 is 0 Å². The van der Waals surface area contributed by atoms with E-state index in [4.69, 9.17) is 4.74 Å². The van der Waals surface area contributed by atoms with E-state index in [0.29, 0.717) is 5.92 Å². The maximum Gasteiger partial charge on any atom is 0.0756 e. The van der Waals surface area contributed by atoms with Gasteiger partial charge >= 0.3 is 0 Å². The first-order valence-electron chi connectivity index (χ1n) is 3.52. The summed E-state index contributed by atoms with van der Waals surface area (Å²) in [5.74, 6) is 0.661. The molecule has 1 aliphatic rings. The Balaban J connectivity index is 2.52. The molecule has 0 bridgehead atoms. The van der Waals surface area contributed by atoms with Gasteiger partial charge in [0.2, 0.25) is 0 Å². The van der Waals surface area contributed by atoms with Gasteiger partial charge in [-0.2, -0.15) is 0 Å². The van der Waals surface area contributed by atoms with Crippen LogP contribution in [-0.4, -0.2) is 12.7 Å². The van der Waals surface area contributed by atoms with E-state index >= 15 is 0 Å². The Morgan fingerprint density at radius 1 is 1.56 bits per heavy atom. The van der Waals surface area contributed by atoms with Crippen molar-refractivity contribution in [2.45, 2.75) is 26.4 Å². The Bertz CT molecular complexity index is 106. The minimum absolute atomic E-state index is 0.286. The first kappa shape index (κ1) is 6.81. The van der Waals surface area contributed by atoms with Crippen molar-refractivity contribution in [1.82, 2.24) is 0 Å². The van der Waals surface area contributed by atoms with E-state index in [1.807, 2.05) is 0 Å². The highest BCUT2D eigenvalue weighted by atomic mass is 16.5. The molecule has 0 spiro atoms. The molecular weight excluding hydrogens is 112 g/mol. The van der Waals surface area contributed by atoms with E-state index in [-0.39, 0.29) is 6.10 Å². The van der Waals surface area contributed by atoms with Crippen LogP contribution in [0.1, 0.15) is 20.3 Å². The van der Waals surface area contributed by atoms with E-state index in [0.717, 1.165) is 13.0 Å². The lowest BCUT2D eigenvalue weighted by atomic mass is 9.93. The Morgan fingerprint density at radius 3 is 2.67 bits per heavy atom. The topological polar surface area (TPSA) is 9.23 Å². The molecule has 1 saturated heterocycles. The van der Waals surface area contributed by atoms with Crippen molar-refractivity contribution in [3.8, 4) is 0 Å². The van der Waals surface area contributed by atoms with Crippen molar-refractivity contribution in [3.05, 3.63) is 12.2 Å². The summed E-state index contributed by atoms with van der Waals surface area (Å²) in [6.07, 6.45) is 1.43. The third-order valence-electron chi connectivity index (χ3n) is 2.07. The normalized spacial score (nSPS) is 36.9. The molecule has 1 nitrogen and oxygen atoms in total. The lowest BCUT2D eigenvalue weighted by Crippen LogP contribution is -2.23. The second-order valence-corrected chi connectivity index (χ2v) is 2.78. The Morgan fingerprint density at radius 2 is 2.22 bits per heavy atom. The molecule has 0 radical (unpaired) electrons. The summed E-state index contributed by atoms with van der Waals surface area (Å²) in [7, 11) is 0. The molecule has 0 aliphatic carbocycles. The van der Waals surface area contributed by atoms with E-state index in [1.165, 1.54) is 5.57 Å². The molecule has 0 N–H and O–H groups in total. The average Bonchev–Trinajstić information content (AvgIpc) is 1.83. The molecule has 1 heterocycles. The summed E-state index contributed by atoms with van der Waals surface area (Å²) in [4.78, 5) is 0. The molecule has 1 heteroatoms. The highest BCUT2D eigenvalue weighted by molar-refractivity contribution is 5.06. The average molecular weight is 126 g/mol. The quantitative estimate of drug-likeness (QED) is 0.451. The summed E-state index contributed by atoms with van der Waals surface area (Å²) in [5.41, 5.74) is 1.25. The first-order chi connectivity index (χ1) is 4.22. The summed E-state index contributed by atoms with van der Waals surface area (Å²) in [6, 6.07) is 0. The van der Waals surface area contributed by atoms with Crippen molar-refractivity contribution in [2.75, 3.05) is 6.61 Å². The second-order valence-electron chi connectivity index (χ2n) is 2.78. The van der Waals surface area contributed by atoms with Gasteiger partial charge in [0.25, 0.3) is 0 Å². The van der Waals surface area contributed by atoms with Gasteiger partial charge in [0.05, 0.1) is 6.10 Å². The minimum Gasteiger partial charge on any atom is -0.374 e. The van der Waals surface area contributed by atoms with Gasteiger partial charge < -0.3 is 4.74 Å². The van der Waals surface area contributed by atoms with E-state index in [9.17, 15) is 0 Å². The van der Waals surface area contributed by atoms with Crippen molar-refractivity contribution < 1.29 is 4.74 Å². The van der Waals surface area contributed by atoms with Crippen LogP contribution in [0, 0.1) is 5.92 Å². The van der Waals surface area contributed by atoms with Gasteiger partial charge in [-0.1, -0.05) is 13.5 Å². The molecule has 2 atom stereocenters. The van der Waals surface area contributed by atoms with Gasteiger partial charge in [0.15, 0.2) is 0 Å². The molecule has 0 aromatic carbocycles. The standard InChI is InChI=1S/C8H14O/c1-6-4-5-9-8(3)7(6)2/h6,8H,2,4-5H2,1,3H3/t6-,8-/m0/s1. The van der Waals surface area contributed by atoms with Crippen LogP contribution in [0.2, 0.25) is 0 Å². The highest BCUT2D eigenvalue weighted by Crippen LogP contribution is 2.23. The Hall–Kier alpha value is -0.300. The molecule has 0 aromatic heterocycles. The minimum atomic E-state index is 0.286. The highest BCUT2D eigenvalue weighted by Gasteiger charge is 2.18. The third-order valence-corrected chi connectivity index (χ3v) is 2.07. The molecule has 1 fully saturated rings. The van der Waals surface area contributed by atoms with Crippen LogP contribution >= 0.6 is 0 Å². The van der Waals surface area contributed by atoms with Crippen molar-refractivity contribution in [1.29, 1.82) is 0 Å². The largest absolute Gasteiger partial charge is 0.374 e. The van der Waals surface area contributed by atoms with Crippen LogP contribution in [0.4, 0.5) is 0 Å². The van der Waals surface area contributed by atoms with Gasteiger partial charge in [-0.25, -0.2) is 0 Å². The van der Waals surface area contributed by atoms with Gasteiger partial charge in [0, 0.05) is 6.61 Å². The molecule has 0 aromatic rings. The molecule has 1 aliphatic heterocycles. The van der Waals surface area contributed by atoms with Crippen molar-refractivity contribution in [3.63, 3.8) is 0 Å². The van der Waals surface area contributed by atoms with Crippen LogP contribution in [0.15, 0.2) is 12.2 Å². The smallest absolute Gasteiger partial charge is 0.0756 e. The summed E-state index contributed by atoms with van der Waals surface area (Å²) < 4.78 is 5.36. The predicted molar refractivity (Wildman–Crippen MR) is 38.3 cm³/mol. The number of hydrogen-bond acceptors (Lipinski definition) is 1. The molecular formula is C8H14O. The first-order valence-corrected chi connectivity index (χ1v) is 3.52. The Labute approximate surface area is 56.7 Å². The zero-order chi connectivity index (χ0) is 6.85. The maximum atomic E-state index is 5.36. The molecule has 0 unspecified atom stereocenters. The van der Waals surface area contributed by atoms with E-state index < -0.39 is 0 Å².